The van der Waals surface area contributed by atoms with Crippen LogP contribution in [0.3, 0.4) is 0 Å². The van der Waals surface area contributed by atoms with E-state index in [9.17, 15) is 14.4 Å². The van der Waals surface area contributed by atoms with Crippen molar-refractivity contribution in [3.63, 3.8) is 0 Å². The number of benzene rings is 1. The average Bonchev–Trinajstić information content (AvgIpc) is 2.99. The molecule has 242 valence electrons. The topological polar surface area (TPSA) is 183 Å². The van der Waals surface area contributed by atoms with E-state index in [1.807, 2.05) is 20.1 Å². The first-order chi connectivity index (χ1) is 20.3. The lowest BCUT2D eigenvalue weighted by atomic mass is 10.2. The van der Waals surface area contributed by atoms with Crippen molar-refractivity contribution >= 4 is 52.9 Å². The molecule has 0 saturated heterocycles. The summed E-state index contributed by atoms with van der Waals surface area (Å²) < 4.78 is 9.98. The number of thioether (sulfide) groups is 1. The number of hydrogen-bond acceptors (Lipinski definition) is 13. The zero-order chi connectivity index (χ0) is 30.9. The Morgan fingerprint density at radius 3 is 1.75 bits per heavy atom. The second-order valence-corrected chi connectivity index (χ2v) is 9.21. The third-order valence-electron chi connectivity index (χ3n) is 5.24. The molecule has 0 aliphatic heterocycles. The summed E-state index contributed by atoms with van der Waals surface area (Å²) >= 11 is 1.44. The molecule has 3 rings (SSSR count). The van der Waals surface area contributed by atoms with Gasteiger partial charge < -0.3 is 31.2 Å². The standard InChI is InChI=1S/C17H21N5O3.C11H17N3O2S.2CH4/c1-3-9-19-15-13(16(24)25-4-2)10-20-17(22-15)21-12-7-5-11(6-8-12)14(18)23;1-4-6-12-9-8(10(15)16-5-2)7-13-11(14-9)17-3;;/h5-8,10H,3-4,9H2,1-2H3,(H2,18,23)(H2,19,20,21,22);7H,4-6H2,1-3H3,(H,12,13,14);2*1H4. The number of nitrogens with one attached hydrogen (secondary N) is 3. The van der Waals surface area contributed by atoms with Crippen LogP contribution in [0.25, 0.3) is 0 Å². The smallest absolute Gasteiger partial charge is 0.343 e. The van der Waals surface area contributed by atoms with Gasteiger partial charge in [-0.1, -0.05) is 40.5 Å². The highest BCUT2D eigenvalue weighted by Crippen LogP contribution is 2.20. The fourth-order valence-corrected chi connectivity index (χ4v) is 3.57. The fourth-order valence-electron chi connectivity index (χ4n) is 3.23. The normalized spacial score (nSPS) is 9.66. The maximum absolute atomic E-state index is 12.0. The minimum Gasteiger partial charge on any atom is -0.462 e. The van der Waals surface area contributed by atoms with E-state index in [4.69, 9.17) is 15.2 Å². The number of amides is 1. The second-order valence-electron chi connectivity index (χ2n) is 8.44. The molecule has 0 aliphatic carbocycles. The highest BCUT2D eigenvalue weighted by atomic mass is 32.2. The van der Waals surface area contributed by atoms with E-state index in [0.717, 1.165) is 19.4 Å². The van der Waals surface area contributed by atoms with E-state index in [1.54, 1.807) is 38.1 Å². The molecule has 1 amide bonds. The third-order valence-corrected chi connectivity index (χ3v) is 5.80. The van der Waals surface area contributed by atoms with Crippen LogP contribution in [0.1, 0.15) is 86.5 Å². The quantitative estimate of drug-likeness (QED) is 0.0955. The summed E-state index contributed by atoms with van der Waals surface area (Å²) in [7, 11) is 0. The van der Waals surface area contributed by atoms with Crippen LogP contribution in [0.15, 0.2) is 41.8 Å². The van der Waals surface area contributed by atoms with Crippen LogP contribution in [-0.4, -0.2) is 70.3 Å². The van der Waals surface area contributed by atoms with Crippen molar-refractivity contribution in [2.45, 2.75) is 60.5 Å². The van der Waals surface area contributed by atoms with Gasteiger partial charge in [0.05, 0.1) is 13.2 Å². The lowest BCUT2D eigenvalue weighted by molar-refractivity contribution is 0.0516. The number of nitrogens with two attached hydrogens (primary N) is 1. The van der Waals surface area contributed by atoms with Gasteiger partial charge in [0, 0.05) is 36.7 Å². The predicted molar refractivity (Wildman–Crippen MR) is 177 cm³/mol. The lowest BCUT2D eigenvalue weighted by Gasteiger charge is -2.12. The Kier molecular flexibility index (Phi) is 19.1. The fraction of sp³-hybridized carbons (Fsp3) is 0.433. The predicted octanol–water partition coefficient (Wildman–Crippen LogP) is 5.79. The Hall–Kier alpha value is -4.46. The summed E-state index contributed by atoms with van der Waals surface area (Å²) in [6, 6.07) is 6.60. The lowest BCUT2D eigenvalue weighted by Crippen LogP contribution is -2.14. The maximum Gasteiger partial charge on any atom is 0.343 e. The first-order valence-corrected chi connectivity index (χ1v) is 14.8. The first kappa shape index (κ1) is 39.5. The molecule has 44 heavy (non-hydrogen) atoms. The van der Waals surface area contributed by atoms with E-state index in [1.165, 1.54) is 24.2 Å². The van der Waals surface area contributed by atoms with E-state index in [0.29, 0.717) is 52.7 Å². The maximum atomic E-state index is 12.0. The Balaban J connectivity index is 0.000000859. The minimum absolute atomic E-state index is 0. The Morgan fingerprint density at radius 2 is 1.30 bits per heavy atom. The number of ether oxygens (including phenoxy) is 2. The van der Waals surface area contributed by atoms with Crippen molar-refractivity contribution in [1.29, 1.82) is 0 Å². The van der Waals surface area contributed by atoms with Crippen molar-refractivity contribution in [1.82, 2.24) is 19.9 Å². The highest BCUT2D eigenvalue weighted by Gasteiger charge is 2.17. The van der Waals surface area contributed by atoms with Crippen molar-refractivity contribution < 1.29 is 23.9 Å². The third kappa shape index (κ3) is 12.4. The van der Waals surface area contributed by atoms with E-state index in [2.05, 4.69) is 35.9 Å². The SMILES string of the molecule is C.C.CCCNc1nc(Nc2ccc(C(N)=O)cc2)ncc1C(=O)OCC.CCCNc1nc(SC)ncc1C(=O)OCC. The minimum atomic E-state index is -0.493. The van der Waals surface area contributed by atoms with E-state index in [-0.39, 0.29) is 27.0 Å². The zero-order valence-corrected chi connectivity index (χ0v) is 25.3. The number of nitrogens with zero attached hydrogens (tertiary/aromatic N) is 4. The summed E-state index contributed by atoms with van der Waals surface area (Å²) in [5.41, 5.74) is 6.99. The van der Waals surface area contributed by atoms with Crippen LogP contribution in [0.4, 0.5) is 23.3 Å². The number of anilines is 4. The molecule has 0 radical (unpaired) electrons. The van der Waals surface area contributed by atoms with Gasteiger partial charge in [0.25, 0.3) is 0 Å². The Bertz CT molecular complexity index is 1330. The number of hydrogen-bond donors (Lipinski definition) is 4. The number of carbonyl (C=O) groups excluding carboxylic acids is 3. The van der Waals surface area contributed by atoms with Crippen LogP contribution in [-0.2, 0) is 9.47 Å². The van der Waals surface area contributed by atoms with Gasteiger partial charge in [-0.3, -0.25) is 4.79 Å². The summed E-state index contributed by atoms with van der Waals surface area (Å²) in [6.45, 7) is 9.62. The van der Waals surface area contributed by atoms with Gasteiger partial charge in [-0.05, 0) is 57.2 Å². The molecule has 14 heteroatoms. The van der Waals surface area contributed by atoms with Gasteiger partial charge in [0.15, 0.2) is 5.16 Å². The first-order valence-electron chi connectivity index (χ1n) is 13.5. The van der Waals surface area contributed by atoms with Crippen molar-refractivity contribution in [3.05, 3.63) is 53.3 Å². The molecule has 2 aromatic heterocycles. The number of carbonyl (C=O) groups is 3. The molecule has 0 spiro atoms. The number of esters is 2. The van der Waals surface area contributed by atoms with Crippen LogP contribution in [0.2, 0.25) is 0 Å². The Morgan fingerprint density at radius 1 is 0.795 bits per heavy atom. The number of rotatable bonds is 14. The molecule has 0 fully saturated rings. The van der Waals surface area contributed by atoms with Crippen LogP contribution < -0.4 is 21.7 Å². The van der Waals surface area contributed by atoms with Crippen molar-refractivity contribution in [2.24, 2.45) is 5.73 Å². The van der Waals surface area contributed by atoms with Gasteiger partial charge >= 0.3 is 11.9 Å². The molecule has 0 bridgehead atoms. The van der Waals surface area contributed by atoms with Gasteiger partial charge in [-0.2, -0.15) is 4.98 Å². The summed E-state index contributed by atoms with van der Waals surface area (Å²) in [5, 5.41) is 9.87. The molecule has 0 atom stereocenters. The van der Waals surface area contributed by atoms with Gasteiger partial charge in [-0.15, -0.1) is 0 Å². The molecule has 0 saturated carbocycles. The number of primary amides is 1. The van der Waals surface area contributed by atoms with E-state index >= 15 is 0 Å². The average molecular weight is 631 g/mol. The van der Waals surface area contributed by atoms with Crippen molar-refractivity contribution in [3.8, 4) is 0 Å². The largest absolute Gasteiger partial charge is 0.462 e. The van der Waals surface area contributed by atoms with Crippen LogP contribution in [0, 0.1) is 0 Å². The molecule has 0 unspecified atom stereocenters. The van der Waals surface area contributed by atoms with Crippen LogP contribution in [0.5, 0.6) is 0 Å². The van der Waals surface area contributed by atoms with Gasteiger partial charge in [0.2, 0.25) is 11.9 Å². The molecular weight excluding hydrogens is 584 g/mol. The van der Waals surface area contributed by atoms with Crippen LogP contribution >= 0.6 is 11.8 Å². The molecule has 1 aromatic carbocycles. The van der Waals surface area contributed by atoms with E-state index < -0.39 is 17.8 Å². The van der Waals surface area contributed by atoms with Gasteiger partial charge in [-0.25, -0.2) is 24.5 Å². The second kappa shape index (κ2) is 21.3. The van der Waals surface area contributed by atoms with Crippen molar-refractivity contribution in [2.75, 3.05) is 48.5 Å². The molecule has 3 aromatic rings. The monoisotopic (exact) mass is 630 g/mol. The highest BCUT2D eigenvalue weighted by molar-refractivity contribution is 7.98. The summed E-state index contributed by atoms with van der Waals surface area (Å²) in [5.74, 6) is -0.0838. The zero-order valence-electron chi connectivity index (χ0n) is 24.5. The summed E-state index contributed by atoms with van der Waals surface area (Å²) in [6.07, 6.45) is 6.66. The molecule has 13 nitrogen and oxygen atoms in total. The molecular formula is C30H46N8O5S. The molecule has 2 heterocycles. The molecule has 0 aliphatic rings. The van der Waals surface area contributed by atoms with Gasteiger partial charge in [0.1, 0.15) is 22.8 Å². The Labute approximate surface area is 264 Å². The number of aromatic nitrogens is 4. The molecule has 5 N–H and O–H groups in total. The summed E-state index contributed by atoms with van der Waals surface area (Å²) in [4.78, 5) is 51.6.